The number of hydrogen-bond donors (Lipinski definition) is 1. The molecule has 0 amide bonds. The second-order valence-corrected chi connectivity index (χ2v) is 6.85. The summed E-state index contributed by atoms with van der Waals surface area (Å²) >= 11 is 6.22. The fraction of sp³-hybridized carbons (Fsp3) is 0.444. The molecular weight excluding hydrogens is 342 g/mol. The van der Waals surface area contributed by atoms with Crippen molar-refractivity contribution in [3.05, 3.63) is 34.9 Å². The highest BCUT2D eigenvalue weighted by atomic mass is 35.5. The molecule has 25 heavy (non-hydrogen) atoms. The number of anilines is 1. The molecule has 1 N–H and O–H groups in total. The zero-order valence-corrected chi connectivity index (χ0v) is 15.2. The Labute approximate surface area is 152 Å². The standard InChI is InChI=1S/C18H22ClN3O3/c1-12-15(19)5-3-13-4-6-16(20-18(12)13)22-7-8-25-14(10-22)9-21(2)11-17(23)24/h3-6,14H,7-11H2,1-2H3,(H,23,24). The summed E-state index contributed by atoms with van der Waals surface area (Å²) in [5.41, 5.74) is 1.89. The van der Waals surface area contributed by atoms with Crippen molar-refractivity contribution in [2.45, 2.75) is 13.0 Å². The number of carboxylic acids is 1. The molecule has 1 saturated heterocycles. The van der Waals surface area contributed by atoms with E-state index in [1.54, 1.807) is 11.9 Å². The molecule has 1 atom stereocenters. The lowest BCUT2D eigenvalue weighted by molar-refractivity contribution is -0.138. The largest absolute Gasteiger partial charge is 0.480 e. The first kappa shape index (κ1) is 17.9. The van der Waals surface area contributed by atoms with Crippen LogP contribution < -0.4 is 4.90 Å². The van der Waals surface area contributed by atoms with Crippen LogP contribution in [-0.2, 0) is 9.53 Å². The molecule has 0 bridgehead atoms. The number of aliphatic carboxylic acids is 1. The number of fused-ring (bicyclic) bond motifs is 1. The van der Waals surface area contributed by atoms with E-state index in [4.69, 9.17) is 26.4 Å². The number of rotatable bonds is 5. The molecule has 1 aromatic heterocycles. The first-order chi connectivity index (χ1) is 11.9. The molecule has 0 radical (unpaired) electrons. The van der Waals surface area contributed by atoms with Gasteiger partial charge in [0.05, 0.1) is 24.8 Å². The third-order valence-electron chi connectivity index (χ3n) is 4.42. The molecular formula is C18H22ClN3O3. The summed E-state index contributed by atoms with van der Waals surface area (Å²) in [6.07, 6.45) is -0.0453. The highest BCUT2D eigenvalue weighted by Crippen LogP contribution is 2.26. The molecule has 1 aromatic carbocycles. The van der Waals surface area contributed by atoms with Gasteiger partial charge in [0.2, 0.25) is 0 Å². The maximum Gasteiger partial charge on any atom is 0.317 e. The predicted molar refractivity (Wildman–Crippen MR) is 98.6 cm³/mol. The van der Waals surface area contributed by atoms with Gasteiger partial charge in [-0.05, 0) is 37.7 Å². The van der Waals surface area contributed by atoms with Crippen molar-refractivity contribution in [1.29, 1.82) is 0 Å². The number of benzene rings is 1. The van der Waals surface area contributed by atoms with Crippen molar-refractivity contribution in [3.63, 3.8) is 0 Å². The molecule has 2 heterocycles. The summed E-state index contributed by atoms with van der Waals surface area (Å²) in [5.74, 6) is 0.0609. The Bertz CT molecular complexity index is 783. The summed E-state index contributed by atoms with van der Waals surface area (Å²) in [4.78, 5) is 19.5. The number of halogens is 1. The minimum atomic E-state index is -0.835. The molecule has 6 nitrogen and oxygen atoms in total. The number of pyridine rings is 1. The van der Waals surface area contributed by atoms with Crippen LogP contribution in [0.15, 0.2) is 24.3 Å². The molecule has 0 spiro atoms. The van der Waals surface area contributed by atoms with E-state index in [0.29, 0.717) is 24.7 Å². The van der Waals surface area contributed by atoms with Gasteiger partial charge < -0.3 is 14.7 Å². The number of hydrogen-bond acceptors (Lipinski definition) is 5. The number of likely N-dealkylation sites (N-methyl/N-ethyl adjacent to an activating group) is 1. The van der Waals surface area contributed by atoms with Crippen molar-refractivity contribution >= 4 is 34.3 Å². The summed E-state index contributed by atoms with van der Waals surface area (Å²) in [7, 11) is 1.79. The number of aromatic nitrogens is 1. The molecule has 1 aliphatic rings. The highest BCUT2D eigenvalue weighted by molar-refractivity contribution is 6.32. The lowest BCUT2D eigenvalue weighted by Crippen LogP contribution is -2.48. The maximum absolute atomic E-state index is 10.8. The molecule has 1 unspecified atom stereocenters. The van der Waals surface area contributed by atoms with Crippen molar-refractivity contribution in [3.8, 4) is 0 Å². The minimum absolute atomic E-state index is 0.00573. The van der Waals surface area contributed by atoms with E-state index in [-0.39, 0.29) is 12.6 Å². The lowest BCUT2D eigenvalue weighted by Gasteiger charge is -2.35. The van der Waals surface area contributed by atoms with E-state index in [1.807, 2.05) is 25.1 Å². The Morgan fingerprint density at radius 1 is 1.44 bits per heavy atom. The van der Waals surface area contributed by atoms with Crippen LogP contribution in [-0.4, -0.2) is 66.9 Å². The SMILES string of the molecule is Cc1c(Cl)ccc2ccc(N3CCOC(CN(C)CC(=O)O)C3)nc12. The number of carboxylic acid groups (broad SMARTS) is 1. The van der Waals surface area contributed by atoms with Gasteiger partial charge in [-0.3, -0.25) is 9.69 Å². The van der Waals surface area contributed by atoms with E-state index in [0.717, 1.165) is 28.8 Å². The van der Waals surface area contributed by atoms with E-state index >= 15 is 0 Å². The Balaban J connectivity index is 1.76. The van der Waals surface area contributed by atoms with Crippen molar-refractivity contribution in [2.75, 3.05) is 44.7 Å². The Hall–Kier alpha value is -1.89. The maximum atomic E-state index is 10.8. The molecule has 2 aromatic rings. The van der Waals surface area contributed by atoms with Gasteiger partial charge in [-0.1, -0.05) is 17.7 Å². The fourth-order valence-electron chi connectivity index (χ4n) is 3.15. The second kappa shape index (κ2) is 7.56. The number of aryl methyl sites for hydroxylation is 1. The molecule has 0 saturated carbocycles. The average Bonchev–Trinajstić information content (AvgIpc) is 2.57. The van der Waals surface area contributed by atoms with E-state index in [9.17, 15) is 4.79 Å². The van der Waals surface area contributed by atoms with Crippen LogP contribution >= 0.6 is 11.6 Å². The van der Waals surface area contributed by atoms with Crippen LogP contribution in [0.1, 0.15) is 5.56 Å². The minimum Gasteiger partial charge on any atom is -0.480 e. The van der Waals surface area contributed by atoms with Crippen molar-refractivity contribution in [1.82, 2.24) is 9.88 Å². The lowest BCUT2D eigenvalue weighted by atomic mass is 10.1. The first-order valence-electron chi connectivity index (χ1n) is 8.27. The van der Waals surface area contributed by atoms with Gasteiger partial charge in [-0.15, -0.1) is 0 Å². The normalized spacial score (nSPS) is 18.1. The van der Waals surface area contributed by atoms with Gasteiger partial charge in [0, 0.05) is 30.0 Å². The number of nitrogens with zero attached hydrogens (tertiary/aromatic N) is 3. The van der Waals surface area contributed by atoms with Crippen LogP contribution in [0.5, 0.6) is 0 Å². The molecule has 134 valence electrons. The van der Waals surface area contributed by atoms with Crippen LogP contribution in [0.2, 0.25) is 5.02 Å². The van der Waals surface area contributed by atoms with Crippen LogP contribution in [0, 0.1) is 6.92 Å². The Morgan fingerprint density at radius 3 is 2.96 bits per heavy atom. The van der Waals surface area contributed by atoms with Gasteiger partial charge in [0.15, 0.2) is 0 Å². The summed E-state index contributed by atoms with van der Waals surface area (Å²) < 4.78 is 5.79. The Kier molecular flexibility index (Phi) is 5.42. The quantitative estimate of drug-likeness (QED) is 0.880. The molecule has 0 aliphatic carbocycles. The first-order valence-corrected chi connectivity index (χ1v) is 8.64. The summed E-state index contributed by atoms with van der Waals surface area (Å²) in [5, 5.41) is 10.7. The molecule has 7 heteroatoms. The number of morpholine rings is 1. The highest BCUT2D eigenvalue weighted by Gasteiger charge is 2.23. The van der Waals surface area contributed by atoms with Crippen LogP contribution in [0.4, 0.5) is 5.82 Å². The Morgan fingerprint density at radius 2 is 2.20 bits per heavy atom. The van der Waals surface area contributed by atoms with Crippen LogP contribution in [0.3, 0.4) is 0 Å². The van der Waals surface area contributed by atoms with Gasteiger partial charge in [0.25, 0.3) is 0 Å². The summed E-state index contributed by atoms with van der Waals surface area (Å²) in [6.45, 7) is 4.59. The van der Waals surface area contributed by atoms with Gasteiger partial charge in [-0.25, -0.2) is 4.98 Å². The monoisotopic (exact) mass is 363 g/mol. The van der Waals surface area contributed by atoms with E-state index in [2.05, 4.69) is 11.0 Å². The third-order valence-corrected chi connectivity index (χ3v) is 4.83. The van der Waals surface area contributed by atoms with Gasteiger partial charge in [-0.2, -0.15) is 0 Å². The third kappa shape index (κ3) is 4.21. The van der Waals surface area contributed by atoms with Crippen molar-refractivity contribution < 1.29 is 14.6 Å². The van der Waals surface area contributed by atoms with E-state index in [1.165, 1.54) is 0 Å². The zero-order valence-electron chi connectivity index (χ0n) is 14.4. The molecule has 1 fully saturated rings. The molecule has 3 rings (SSSR count). The smallest absolute Gasteiger partial charge is 0.317 e. The number of ether oxygens (including phenoxy) is 1. The fourth-order valence-corrected chi connectivity index (χ4v) is 3.31. The second-order valence-electron chi connectivity index (χ2n) is 6.44. The van der Waals surface area contributed by atoms with E-state index < -0.39 is 5.97 Å². The van der Waals surface area contributed by atoms with Crippen molar-refractivity contribution in [2.24, 2.45) is 0 Å². The zero-order chi connectivity index (χ0) is 18.0. The summed E-state index contributed by atoms with van der Waals surface area (Å²) in [6, 6.07) is 7.94. The average molecular weight is 364 g/mol. The molecule has 1 aliphatic heterocycles. The predicted octanol–water partition coefficient (Wildman–Crippen LogP) is 2.42. The number of carbonyl (C=O) groups is 1. The van der Waals surface area contributed by atoms with Crippen LogP contribution in [0.25, 0.3) is 10.9 Å². The van der Waals surface area contributed by atoms with Gasteiger partial charge >= 0.3 is 5.97 Å². The topological polar surface area (TPSA) is 65.9 Å². The van der Waals surface area contributed by atoms with Gasteiger partial charge in [0.1, 0.15) is 5.82 Å².